The van der Waals surface area contributed by atoms with Crippen LogP contribution >= 0.6 is 11.6 Å². The summed E-state index contributed by atoms with van der Waals surface area (Å²) in [4.78, 5) is 18.3. The fourth-order valence-corrected chi connectivity index (χ4v) is 5.25. The van der Waals surface area contributed by atoms with Gasteiger partial charge in [-0.15, -0.1) is 0 Å². The van der Waals surface area contributed by atoms with Crippen LogP contribution in [0.4, 0.5) is 10.1 Å². The Labute approximate surface area is 169 Å². The van der Waals surface area contributed by atoms with E-state index in [0.29, 0.717) is 25.1 Å². The van der Waals surface area contributed by atoms with Gasteiger partial charge in [-0.1, -0.05) is 11.6 Å². The molecule has 1 aromatic carbocycles. The van der Waals surface area contributed by atoms with Crippen molar-refractivity contribution < 1.29 is 17.6 Å². The molecule has 28 heavy (non-hydrogen) atoms. The van der Waals surface area contributed by atoms with E-state index in [9.17, 15) is 17.6 Å². The Morgan fingerprint density at radius 2 is 1.89 bits per heavy atom. The molecule has 1 aliphatic rings. The number of anilines is 1. The maximum atomic E-state index is 13.2. The van der Waals surface area contributed by atoms with E-state index in [1.165, 1.54) is 34.8 Å². The molecule has 1 amide bonds. The average Bonchev–Trinajstić information content (AvgIpc) is 2.70. The van der Waals surface area contributed by atoms with Crippen LogP contribution in [-0.2, 0) is 14.8 Å². The average molecular weight is 426 g/mol. The molecule has 2 heterocycles. The van der Waals surface area contributed by atoms with Gasteiger partial charge in [0.05, 0.1) is 0 Å². The third kappa shape index (κ3) is 4.19. The topological polar surface area (TPSA) is 70.6 Å². The van der Waals surface area contributed by atoms with Crippen molar-refractivity contribution >= 4 is 33.2 Å². The van der Waals surface area contributed by atoms with Crippen LogP contribution < -0.4 is 4.90 Å². The number of carbonyl (C=O) groups excluding carboxylic acids is 1. The molecule has 2 aromatic rings. The predicted octanol–water partition coefficient (Wildman–Crippen LogP) is 3.33. The van der Waals surface area contributed by atoms with Crippen molar-refractivity contribution in [1.29, 1.82) is 0 Å². The molecule has 1 fully saturated rings. The van der Waals surface area contributed by atoms with Gasteiger partial charge in [0.25, 0.3) is 0 Å². The van der Waals surface area contributed by atoms with E-state index < -0.39 is 10.0 Å². The highest BCUT2D eigenvalue weighted by molar-refractivity contribution is 7.89. The summed E-state index contributed by atoms with van der Waals surface area (Å²) in [6.45, 7) is 2.76. The van der Waals surface area contributed by atoms with Crippen LogP contribution in [0.2, 0.25) is 5.15 Å². The number of aromatic nitrogens is 1. The molecule has 9 heteroatoms. The maximum absolute atomic E-state index is 13.2. The molecule has 0 N–H and O–H groups in total. The summed E-state index contributed by atoms with van der Waals surface area (Å²) >= 11 is 5.94. The number of rotatable bonds is 5. The molecule has 0 aliphatic carbocycles. The van der Waals surface area contributed by atoms with Gasteiger partial charge in [0.15, 0.2) is 0 Å². The van der Waals surface area contributed by atoms with Gasteiger partial charge in [-0.2, -0.15) is 4.31 Å². The molecule has 1 aromatic heterocycles. The smallest absolute Gasteiger partial charge is 0.246 e. The van der Waals surface area contributed by atoms with Gasteiger partial charge in [-0.3, -0.25) is 4.79 Å². The molecule has 0 spiro atoms. The van der Waals surface area contributed by atoms with Crippen molar-refractivity contribution in [3.63, 3.8) is 0 Å². The number of piperidine rings is 1. The van der Waals surface area contributed by atoms with Crippen molar-refractivity contribution in [3.05, 3.63) is 53.6 Å². The van der Waals surface area contributed by atoms with Gasteiger partial charge in [0, 0.05) is 37.4 Å². The minimum Gasteiger partial charge on any atom is -0.312 e. The van der Waals surface area contributed by atoms with Crippen LogP contribution in [0.15, 0.2) is 47.5 Å². The number of sulfonamides is 1. The molecular weight excluding hydrogens is 405 g/mol. The zero-order valence-corrected chi connectivity index (χ0v) is 17.0. The lowest BCUT2D eigenvalue weighted by Gasteiger charge is -2.33. The molecule has 3 rings (SSSR count). The van der Waals surface area contributed by atoms with Crippen molar-refractivity contribution in [2.45, 2.75) is 24.7 Å². The Morgan fingerprint density at radius 3 is 2.46 bits per heavy atom. The molecule has 1 aliphatic heterocycles. The third-order valence-corrected chi connectivity index (χ3v) is 7.21. The first-order valence-corrected chi connectivity index (χ1v) is 10.8. The van der Waals surface area contributed by atoms with Crippen LogP contribution in [0.5, 0.6) is 0 Å². The fraction of sp³-hybridized carbons (Fsp3) is 0.368. The largest absolute Gasteiger partial charge is 0.312 e. The van der Waals surface area contributed by atoms with E-state index >= 15 is 0 Å². The second-order valence-electron chi connectivity index (χ2n) is 6.53. The normalized spacial score (nSPS) is 16.1. The fourth-order valence-electron chi connectivity index (χ4n) is 3.35. The summed E-state index contributed by atoms with van der Waals surface area (Å²) in [6.07, 6.45) is 2.25. The van der Waals surface area contributed by atoms with Crippen molar-refractivity contribution in [1.82, 2.24) is 9.29 Å². The van der Waals surface area contributed by atoms with Gasteiger partial charge in [0.1, 0.15) is 15.9 Å². The Hall–Kier alpha value is -2.03. The molecule has 0 saturated carbocycles. The number of carbonyl (C=O) groups is 1. The van der Waals surface area contributed by atoms with Crippen LogP contribution in [0.3, 0.4) is 0 Å². The highest BCUT2D eigenvalue weighted by Crippen LogP contribution is 2.29. The number of halogens is 2. The molecule has 0 atom stereocenters. The van der Waals surface area contributed by atoms with Crippen molar-refractivity contribution in [2.24, 2.45) is 5.92 Å². The van der Waals surface area contributed by atoms with Crippen molar-refractivity contribution in [3.8, 4) is 0 Å². The summed E-state index contributed by atoms with van der Waals surface area (Å²) in [5.74, 6) is -0.730. The summed E-state index contributed by atoms with van der Waals surface area (Å²) in [5, 5.41) is -0.0610. The zero-order chi connectivity index (χ0) is 20.3. The first-order valence-electron chi connectivity index (χ1n) is 9.02. The SMILES string of the molecule is CCN(C(=O)C1CCN(S(=O)(=O)c2cccnc2Cl)CC1)c1ccc(F)cc1. The molecule has 6 nitrogen and oxygen atoms in total. The van der Waals surface area contributed by atoms with Crippen LogP contribution in [0.25, 0.3) is 0 Å². The summed E-state index contributed by atoms with van der Waals surface area (Å²) in [5.41, 5.74) is 0.631. The van der Waals surface area contributed by atoms with Crippen LogP contribution in [0.1, 0.15) is 19.8 Å². The number of benzene rings is 1. The Kier molecular flexibility index (Phi) is 6.32. The molecule has 150 valence electrons. The molecular formula is C19H21ClFN3O3S. The number of nitrogens with zero attached hydrogens (tertiary/aromatic N) is 3. The second kappa shape index (κ2) is 8.55. The zero-order valence-electron chi connectivity index (χ0n) is 15.4. The van der Waals surface area contributed by atoms with E-state index in [-0.39, 0.29) is 40.8 Å². The lowest BCUT2D eigenvalue weighted by Crippen LogP contribution is -2.44. The van der Waals surface area contributed by atoms with Crippen LogP contribution in [-0.4, -0.2) is 43.2 Å². The second-order valence-corrected chi connectivity index (χ2v) is 8.79. The number of amides is 1. The Balaban J connectivity index is 1.70. The van der Waals surface area contributed by atoms with Crippen molar-refractivity contribution in [2.75, 3.05) is 24.5 Å². The van der Waals surface area contributed by atoms with Gasteiger partial charge in [0.2, 0.25) is 15.9 Å². The van der Waals surface area contributed by atoms with Crippen LogP contribution in [0, 0.1) is 11.7 Å². The monoisotopic (exact) mass is 425 g/mol. The quantitative estimate of drug-likeness (QED) is 0.689. The van der Waals surface area contributed by atoms with Gasteiger partial charge in [-0.25, -0.2) is 17.8 Å². The van der Waals surface area contributed by atoms with Gasteiger partial charge < -0.3 is 4.90 Å². The maximum Gasteiger partial charge on any atom is 0.246 e. The molecule has 0 bridgehead atoms. The highest BCUT2D eigenvalue weighted by Gasteiger charge is 2.34. The lowest BCUT2D eigenvalue weighted by atomic mass is 9.96. The van der Waals surface area contributed by atoms with E-state index in [0.717, 1.165) is 0 Å². The van der Waals surface area contributed by atoms with E-state index in [1.807, 2.05) is 6.92 Å². The molecule has 0 radical (unpaired) electrons. The van der Waals surface area contributed by atoms with Gasteiger partial charge >= 0.3 is 0 Å². The summed E-state index contributed by atoms with van der Waals surface area (Å²) in [7, 11) is -3.75. The minimum absolute atomic E-state index is 0.0251. The number of hydrogen-bond acceptors (Lipinski definition) is 4. The van der Waals surface area contributed by atoms with E-state index in [1.54, 1.807) is 17.0 Å². The predicted molar refractivity (Wildman–Crippen MR) is 105 cm³/mol. The first-order chi connectivity index (χ1) is 13.3. The molecule has 1 saturated heterocycles. The Bertz CT molecular complexity index is 945. The number of hydrogen-bond donors (Lipinski definition) is 0. The van der Waals surface area contributed by atoms with E-state index in [2.05, 4.69) is 4.98 Å². The third-order valence-electron chi connectivity index (χ3n) is 4.87. The number of pyridine rings is 1. The lowest BCUT2D eigenvalue weighted by molar-refractivity contribution is -0.123. The van der Waals surface area contributed by atoms with E-state index in [4.69, 9.17) is 11.6 Å². The first kappa shape index (κ1) is 20.7. The highest BCUT2D eigenvalue weighted by atomic mass is 35.5. The molecule has 0 unspecified atom stereocenters. The summed E-state index contributed by atoms with van der Waals surface area (Å²) in [6, 6.07) is 8.73. The Morgan fingerprint density at radius 1 is 1.25 bits per heavy atom. The summed E-state index contributed by atoms with van der Waals surface area (Å²) < 4.78 is 40.1. The minimum atomic E-state index is -3.75. The van der Waals surface area contributed by atoms with Gasteiger partial charge in [-0.05, 0) is 56.2 Å². The standard InChI is InChI=1S/C19H21ClFN3O3S/c1-2-24(16-7-5-15(21)6-8-16)19(25)14-9-12-23(13-10-14)28(26,27)17-4-3-11-22-18(17)20/h3-8,11,14H,2,9-10,12-13H2,1H3.